The fourth-order valence-corrected chi connectivity index (χ4v) is 2.56. The molecule has 0 atom stereocenters. The molecule has 2 N–H and O–H groups in total. The predicted octanol–water partition coefficient (Wildman–Crippen LogP) is 0.223. The van der Waals surface area contributed by atoms with E-state index in [0.717, 1.165) is 4.88 Å². The van der Waals surface area contributed by atoms with Crippen molar-refractivity contribution in [3.63, 3.8) is 0 Å². The minimum Gasteiger partial charge on any atom is -0.271 e. The first-order valence-electron chi connectivity index (χ1n) is 4.71. The normalized spacial score (nSPS) is 14.4. The molecule has 2 aromatic heterocycles. The minimum absolute atomic E-state index is 0.0129. The Labute approximate surface area is 93.9 Å². The number of aromatic nitrogens is 2. The minimum atomic E-state index is -0.247. The quantitative estimate of drug-likeness (QED) is 0.686. The first kappa shape index (κ1) is 9.34. The Morgan fingerprint density at radius 2 is 2.25 bits per heavy atom. The van der Waals surface area contributed by atoms with E-state index in [1.807, 2.05) is 6.92 Å². The van der Waals surface area contributed by atoms with Crippen molar-refractivity contribution < 1.29 is 4.79 Å². The number of rotatable bonds is 0. The number of anilines is 1. The highest BCUT2D eigenvalue weighted by Crippen LogP contribution is 2.22. The summed E-state index contributed by atoms with van der Waals surface area (Å²) in [5.74, 6) is 0.140. The second kappa shape index (κ2) is 3.05. The molecule has 0 unspecified atom stereocenters. The third-order valence-corrected chi connectivity index (χ3v) is 3.33. The van der Waals surface area contributed by atoms with Gasteiger partial charge in [-0.25, -0.2) is 4.98 Å². The molecule has 0 saturated heterocycles. The van der Waals surface area contributed by atoms with Crippen molar-refractivity contribution in [2.45, 2.75) is 13.5 Å². The van der Waals surface area contributed by atoms with E-state index in [0.29, 0.717) is 16.2 Å². The molecule has 0 radical (unpaired) electrons. The van der Waals surface area contributed by atoms with E-state index >= 15 is 0 Å². The van der Waals surface area contributed by atoms with Gasteiger partial charge in [0, 0.05) is 4.88 Å². The Hall–Kier alpha value is -1.89. The maximum absolute atomic E-state index is 12.0. The highest BCUT2D eigenvalue weighted by atomic mass is 32.1. The van der Waals surface area contributed by atoms with Crippen LogP contribution in [0.2, 0.25) is 0 Å². The Balaban J connectivity index is 2.37. The molecule has 6 nitrogen and oxygen atoms in total. The summed E-state index contributed by atoms with van der Waals surface area (Å²) in [4.78, 5) is 29.2. The average molecular weight is 236 g/mol. The topological polar surface area (TPSA) is 76.0 Å². The maximum Gasteiger partial charge on any atom is 0.264 e. The van der Waals surface area contributed by atoms with E-state index in [2.05, 4.69) is 15.8 Å². The van der Waals surface area contributed by atoms with E-state index in [1.165, 1.54) is 15.9 Å². The van der Waals surface area contributed by atoms with Gasteiger partial charge in [-0.1, -0.05) is 0 Å². The van der Waals surface area contributed by atoms with Crippen LogP contribution in [0.25, 0.3) is 10.2 Å². The monoisotopic (exact) mass is 236 g/mol. The lowest BCUT2D eigenvalue weighted by atomic mass is 10.3. The fourth-order valence-electron chi connectivity index (χ4n) is 1.69. The zero-order chi connectivity index (χ0) is 11.3. The van der Waals surface area contributed by atoms with E-state index < -0.39 is 0 Å². The van der Waals surface area contributed by atoms with Crippen LogP contribution < -0.4 is 16.4 Å². The number of amides is 1. The van der Waals surface area contributed by atoms with Crippen LogP contribution in [-0.2, 0) is 11.3 Å². The van der Waals surface area contributed by atoms with E-state index in [1.54, 1.807) is 6.07 Å². The van der Waals surface area contributed by atoms with Crippen LogP contribution in [0.4, 0.5) is 5.95 Å². The molecule has 82 valence electrons. The maximum atomic E-state index is 12.0. The lowest BCUT2D eigenvalue weighted by molar-refractivity contribution is -0.121. The fraction of sp³-hybridized carbons (Fsp3) is 0.222. The number of aryl methyl sites for hydroxylation is 1. The number of carbonyl (C=O) groups is 1. The Morgan fingerprint density at radius 3 is 3.06 bits per heavy atom. The van der Waals surface area contributed by atoms with E-state index in [9.17, 15) is 9.59 Å². The van der Waals surface area contributed by atoms with Crippen LogP contribution in [0, 0.1) is 6.92 Å². The lowest BCUT2D eigenvalue weighted by Gasteiger charge is -2.18. The van der Waals surface area contributed by atoms with Gasteiger partial charge in [-0.2, -0.15) is 0 Å². The summed E-state index contributed by atoms with van der Waals surface area (Å²) in [6.45, 7) is 1.94. The number of fused-ring (bicyclic) bond motifs is 2. The van der Waals surface area contributed by atoms with Crippen LogP contribution in [-0.4, -0.2) is 15.5 Å². The van der Waals surface area contributed by atoms with Crippen molar-refractivity contribution in [1.29, 1.82) is 0 Å². The highest BCUT2D eigenvalue weighted by Gasteiger charge is 2.19. The molecule has 1 aliphatic heterocycles. The molecule has 3 heterocycles. The molecular formula is C9H8N4O2S. The van der Waals surface area contributed by atoms with Crippen molar-refractivity contribution in [3.05, 3.63) is 21.3 Å². The molecule has 1 amide bonds. The van der Waals surface area contributed by atoms with Gasteiger partial charge in [0.2, 0.25) is 5.95 Å². The first-order chi connectivity index (χ1) is 7.65. The smallest absolute Gasteiger partial charge is 0.264 e. The summed E-state index contributed by atoms with van der Waals surface area (Å²) >= 11 is 1.46. The number of hydrogen-bond acceptors (Lipinski definition) is 5. The molecule has 0 saturated carbocycles. The van der Waals surface area contributed by atoms with Crippen LogP contribution in [0.5, 0.6) is 0 Å². The first-order valence-corrected chi connectivity index (χ1v) is 5.52. The summed E-state index contributed by atoms with van der Waals surface area (Å²) in [5, 5.41) is 0.572. The van der Waals surface area contributed by atoms with Gasteiger partial charge in [0.05, 0.1) is 5.39 Å². The summed E-state index contributed by atoms with van der Waals surface area (Å²) in [6.07, 6.45) is 0. The van der Waals surface area contributed by atoms with Gasteiger partial charge in [-0.05, 0) is 13.0 Å². The van der Waals surface area contributed by atoms with Crippen molar-refractivity contribution in [2.24, 2.45) is 0 Å². The predicted molar refractivity (Wildman–Crippen MR) is 60.4 cm³/mol. The van der Waals surface area contributed by atoms with Gasteiger partial charge in [0.25, 0.3) is 11.5 Å². The van der Waals surface area contributed by atoms with Crippen molar-refractivity contribution in [3.8, 4) is 0 Å². The van der Waals surface area contributed by atoms with Crippen molar-refractivity contribution in [2.75, 3.05) is 5.43 Å². The van der Waals surface area contributed by atoms with Crippen LogP contribution >= 0.6 is 11.3 Å². The summed E-state index contributed by atoms with van der Waals surface area (Å²) < 4.78 is 1.34. The van der Waals surface area contributed by atoms with Crippen LogP contribution in [0.15, 0.2) is 10.9 Å². The molecule has 0 aliphatic carbocycles. The molecule has 0 fully saturated rings. The van der Waals surface area contributed by atoms with Gasteiger partial charge >= 0.3 is 0 Å². The lowest BCUT2D eigenvalue weighted by Crippen LogP contribution is -2.43. The molecule has 16 heavy (non-hydrogen) atoms. The molecular weight excluding hydrogens is 228 g/mol. The van der Waals surface area contributed by atoms with Crippen molar-refractivity contribution in [1.82, 2.24) is 15.0 Å². The van der Waals surface area contributed by atoms with Gasteiger partial charge in [0.1, 0.15) is 11.4 Å². The SMILES string of the molecule is Cc1cc2c(=O)n3c(nc2s1)NNC(=O)C3. The zero-order valence-electron chi connectivity index (χ0n) is 8.40. The summed E-state index contributed by atoms with van der Waals surface area (Å²) in [7, 11) is 0. The molecule has 3 rings (SSSR count). The molecule has 7 heteroatoms. The molecule has 2 aromatic rings. The second-order valence-corrected chi connectivity index (χ2v) is 4.81. The number of carbonyl (C=O) groups excluding carboxylic acids is 1. The molecule has 1 aliphatic rings. The van der Waals surface area contributed by atoms with Crippen molar-refractivity contribution >= 4 is 33.4 Å². The highest BCUT2D eigenvalue weighted by molar-refractivity contribution is 7.18. The van der Waals surface area contributed by atoms with E-state index in [4.69, 9.17) is 0 Å². The Morgan fingerprint density at radius 1 is 1.44 bits per heavy atom. The number of hydrogen-bond donors (Lipinski definition) is 2. The molecule has 0 bridgehead atoms. The van der Waals surface area contributed by atoms with Gasteiger partial charge < -0.3 is 0 Å². The summed E-state index contributed by atoms with van der Waals surface area (Å²) in [5.41, 5.74) is 4.87. The number of thiophene rings is 1. The third-order valence-electron chi connectivity index (χ3n) is 2.39. The van der Waals surface area contributed by atoms with Gasteiger partial charge in [-0.3, -0.25) is 25.0 Å². The zero-order valence-corrected chi connectivity index (χ0v) is 9.22. The molecule has 0 aromatic carbocycles. The van der Waals surface area contributed by atoms with Crippen LogP contribution in [0.3, 0.4) is 0 Å². The second-order valence-electron chi connectivity index (χ2n) is 3.58. The molecule has 0 spiro atoms. The summed E-state index contributed by atoms with van der Waals surface area (Å²) in [6, 6.07) is 1.80. The van der Waals surface area contributed by atoms with Gasteiger partial charge in [0.15, 0.2) is 0 Å². The van der Waals surface area contributed by atoms with Gasteiger partial charge in [-0.15, -0.1) is 11.3 Å². The number of hydrazine groups is 1. The largest absolute Gasteiger partial charge is 0.271 e. The Bertz CT molecular complexity index is 657. The number of nitrogens with one attached hydrogen (secondary N) is 2. The third kappa shape index (κ3) is 1.21. The Kier molecular flexibility index (Phi) is 1.78. The van der Waals surface area contributed by atoms with E-state index in [-0.39, 0.29) is 18.0 Å². The standard InChI is InChI=1S/C9H8N4O2S/c1-4-2-5-7(16-4)10-9-12-11-6(14)3-13(9)8(5)15/h2H,3H2,1H3,(H,10,12)(H,11,14). The average Bonchev–Trinajstić information content (AvgIpc) is 2.61. The number of nitrogens with zero attached hydrogens (tertiary/aromatic N) is 2. The van der Waals surface area contributed by atoms with Crippen LogP contribution in [0.1, 0.15) is 4.88 Å².